The zero-order valence-corrected chi connectivity index (χ0v) is 88.2. The van der Waals surface area contributed by atoms with E-state index in [1.54, 1.807) is 0 Å². The number of aliphatic carboxylic acids is 8. The molecule has 0 fully saturated rings. The summed E-state index contributed by atoms with van der Waals surface area (Å²) in [7, 11) is 0. The fourth-order valence-electron chi connectivity index (χ4n) is 1.44. The van der Waals surface area contributed by atoms with E-state index < -0.39 is 73.9 Å². The molecule has 0 atom stereocenters. The van der Waals surface area contributed by atoms with E-state index in [1.807, 2.05) is 0 Å². The van der Waals surface area contributed by atoms with Gasteiger partial charge in [0.15, 0.2) is 0 Å². The van der Waals surface area contributed by atoms with Crippen molar-refractivity contribution >= 4 is 47.8 Å². The largest absolute Gasteiger partial charge is 1.00 e. The van der Waals surface area contributed by atoms with Crippen molar-refractivity contribution in [2.45, 2.75) is 27.7 Å². The van der Waals surface area contributed by atoms with Gasteiger partial charge in [-0.05, 0) is 27.7 Å². The Kier molecular flexibility index (Phi) is 470. The topological polar surface area (TPSA) is 744 Å². The van der Waals surface area contributed by atoms with Gasteiger partial charge in [0.25, 0.3) is 0 Å². The molecule has 0 unspecified atom stereocenters. The number of carbonyl (C=O) groups is 8. The summed E-state index contributed by atoms with van der Waals surface area (Å²) in [5.74, 6) is -10.5. The Bertz CT molecular complexity index is 922. The molecule has 0 aliphatic heterocycles. The smallest absolute Gasteiger partial charge is 1.00 e. The van der Waals surface area contributed by atoms with E-state index in [2.05, 4.69) is 0 Å². The zero-order chi connectivity index (χ0) is 57.3. The first-order valence-corrected chi connectivity index (χ1v) is 19.6. The summed E-state index contributed by atoms with van der Waals surface area (Å²) in [6.07, 6.45) is 0. The van der Waals surface area contributed by atoms with Gasteiger partial charge in [-0.1, -0.05) is 0 Å². The molecule has 434 valence electrons. The van der Waals surface area contributed by atoms with E-state index in [1.165, 1.54) is 0 Å². The van der Waals surface area contributed by atoms with Gasteiger partial charge in [-0.2, -0.15) is 0 Å². The van der Waals surface area contributed by atoms with Crippen molar-refractivity contribution in [1.29, 1.82) is 0 Å². The molecule has 0 saturated heterocycles. The number of nitrogens with zero attached hydrogens (tertiary/aromatic N) is 2. The van der Waals surface area contributed by atoms with Gasteiger partial charge >= 0.3 is 473 Å². The van der Waals surface area contributed by atoms with Crippen molar-refractivity contribution in [3.05, 3.63) is 0 Å². The summed E-state index contributed by atoms with van der Waals surface area (Å²) in [6, 6.07) is 0. The number of carboxylic acids is 8. The van der Waals surface area contributed by atoms with Crippen LogP contribution in [-0.4, -0.2) is 202 Å². The third-order valence-corrected chi connectivity index (χ3v) is 3.48. The van der Waals surface area contributed by atoms with Crippen LogP contribution in [0.2, 0.25) is 0 Å². The molecule has 0 aromatic carbocycles. The molecule has 0 aliphatic rings. The minimum atomic E-state index is -1.53. The Hall–Kier alpha value is 11.0. The van der Waals surface area contributed by atoms with Gasteiger partial charge < -0.3 is 182 Å². The summed E-state index contributed by atoms with van der Waals surface area (Å²) in [5, 5.41) is 77.2. The Morgan fingerprint density at radius 2 is 0.286 bits per heavy atom. The second kappa shape index (κ2) is 205. The summed E-state index contributed by atoms with van der Waals surface area (Å²) >= 11 is 0. The van der Waals surface area contributed by atoms with Crippen molar-refractivity contribution in [2.24, 2.45) is 91.7 Å². The number of rotatable bonds is 19. The van der Waals surface area contributed by atoms with Gasteiger partial charge in [-0.15, -0.1) is 0 Å². The molecule has 0 saturated carbocycles. The molecule has 32 N–H and O–H groups in total. The molecule has 34 nitrogen and oxygen atoms in total. The quantitative estimate of drug-likeness (QED) is 0.0534. The van der Waals surface area contributed by atoms with Gasteiger partial charge in [0.05, 0.1) is 23.9 Å². The summed E-state index contributed by atoms with van der Waals surface area (Å²) in [4.78, 5) is 79.0. The number of carboxylic acid groups (broad SMARTS) is 8. The first-order chi connectivity index (χ1) is 31.4. The van der Waals surface area contributed by atoms with Gasteiger partial charge in [0, 0.05) is 168 Å². The molecule has 0 aromatic rings. The maximum absolute atomic E-state index is 10.4. The van der Waals surface area contributed by atoms with Crippen molar-refractivity contribution in [3.8, 4) is 0 Å². The average Bonchev–Trinajstić information content (AvgIpc) is 3.24. The Balaban J connectivity index is -0.0000000106. The van der Waals surface area contributed by atoms with Crippen LogP contribution >= 0.6 is 0 Å². The molecule has 0 aliphatic carbocycles. The summed E-state index contributed by atoms with van der Waals surface area (Å²) in [5.41, 5.74) is 78.4. The second-order valence-electron chi connectivity index (χ2n) is 10.5. The van der Waals surface area contributed by atoms with Crippen molar-refractivity contribution in [1.82, 2.24) is 9.80 Å². The minimum Gasteiger partial charge on any atom is -1.00 e. The fraction of sp³-hybridized carbons (Fsp3) is 0.765. The molecule has 0 heterocycles. The monoisotopic (exact) mass is 1380 g/mol. The molecule has 50 heteroatoms. The zero-order valence-electron chi connectivity index (χ0n) is 64.2. The predicted octanol–water partition coefficient (Wildman–Crippen LogP) is -68.2. The molecule has 84 heavy (non-hydrogen) atoms. The first kappa shape index (κ1) is 193. The van der Waals surface area contributed by atoms with E-state index in [4.69, 9.17) is 131 Å². The Labute approximate surface area is 866 Å². The number of hydrogen-bond acceptors (Lipinski definition) is 34. The van der Waals surface area contributed by atoms with E-state index in [-0.39, 0.29) is 497 Å². The van der Waals surface area contributed by atoms with Crippen LogP contribution in [0.15, 0.2) is 0 Å². The minimum absolute atomic E-state index is 0. The molecule has 0 rings (SSSR count). The second-order valence-corrected chi connectivity index (χ2v) is 10.5. The van der Waals surface area contributed by atoms with Crippen molar-refractivity contribution in [2.75, 3.05) is 144 Å². The molecule has 0 aromatic heterocycles. The van der Waals surface area contributed by atoms with Crippen LogP contribution in [-0.2, 0) is 38.4 Å². The van der Waals surface area contributed by atoms with Crippen LogP contribution < -0.4 is 606 Å². The molecule has 0 spiro atoms. The Morgan fingerprint density at radius 3 is 0.321 bits per heavy atom. The standard InChI is InChI=1S/C10H16N2O8.8C2H8N2.4C2H4O2.16Na.8H/c13-7(14)3-11(4-8(15)16)1-2-12(5-9(17)18)6-10(19)20;8*3-1-2-4;4*1-2(3)4;;;;;;;;;;;;;;;;;;;;;;;;/h1-6H2,(H,13,14)(H,15,16)(H,17,18)(H,19,20);8*1-4H2;4*1H3,(H,3,4);;;;;;;;;;;;;;;;;;;;;;;;/q;;;;;;;;;;;;;16*+1;8*-1/p-8. The van der Waals surface area contributed by atoms with Crippen LogP contribution in [0.1, 0.15) is 39.1 Å². The van der Waals surface area contributed by atoms with Crippen molar-refractivity contribution < 1.29 is 564 Å². The average molecular weight is 1380 g/mol. The third-order valence-electron chi connectivity index (χ3n) is 3.48. The maximum atomic E-state index is 10.4. The number of nitrogens with two attached hydrogens (primary N) is 16. The summed E-state index contributed by atoms with van der Waals surface area (Å²) in [6.45, 7) is 10.2. The van der Waals surface area contributed by atoms with E-state index >= 15 is 0 Å². The number of carbonyl (C=O) groups excluding carboxylic acids is 8. The normalized spacial score (nSPS) is 6.60. The predicted molar refractivity (Wildman–Crippen MR) is 249 cm³/mol. The Morgan fingerprint density at radius 1 is 0.226 bits per heavy atom. The van der Waals surface area contributed by atoms with Gasteiger partial charge in [-0.3, -0.25) is 9.80 Å². The first-order valence-electron chi connectivity index (χ1n) is 19.6. The van der Waals surface area contributed by atoms with Crippen LogP contribution in [0.5, 0.6) is 0 Å². The third kappa shape index (κ3) is 492. The van der Waals surface area contributed by atoms with Gasteiger partial charge in [-0.25, -0.2) is 0 Å². The number of hydrogen-bond donors (Lipinski definition) is 16. The molecule has 0 bridgehead atoms. The fourth-order valence-corrected chi connectivity index (χ4v) is 1.44. The van der Waals surface area contributed by atoms with Gasteiger partial charge in [0.1, 0.15) is 0 Å². The van der Waals surface area contributed by atoms with Crippen LogP contribution in [0.4, 0.5) is 0 Å². The van der Waals surface area contributed by atoms with Crippen molar-refractivity contribution in [3.63, 3.8) is 0 Å². The molecular formula is C34H96N18Na16O16. The van der Waals surface area contributed by atoms with Crippen LogP contribution in [0.3, 0.4) is 0 Å². The van der Waals surface area contributed by atoms with E-state index in [9.17, 15) is 39.6 Å². The van der Waals surface area contributed by atoms with E-state index in [0.29, 0.717) is 105 Å². The molecule has 0 radical (unpaired) electrons. The molecular weight excluding hydrogens is 1280 g/mol. The van der Waals surface area contributed by atoms with Gasteiger partial charge in [0.2, 0.25) is 0 Å². The van der Waals surface area contributed by atoms with E-state index in [0.717, 1.165) is 37.5 Å². The van der Waals surface area contributed by atoms with Crippen LogP contribution in [0, 0.1) is 0 Å². The maximum Gasteiger partial charge on any atom is 1.00 e. The van der Waals surface area contributed by atoms with Crippen LogP contribution in [0.25, 0.3) is 0 Å². The molecule has 0 amide bonds. The SMILES string of the molecule is CC(=O)[O-].CC(=O)[O-].CC(=O)[O-].CC(=O)[O-].NCCN.NCCN.NCCN.NCCN.NCCN.NCCN.NCCN.NCCN.O=C([O-])CN(CCN(CC(=O)[O-])CC(=O)[O-])CC(=O)[O-].[H-].[H-].[H-].[H-].[H-].[H-].[H-].[H-].[Na+].[Na+].[Na+].[Na+].[Na+].[Na+].[Na+].[Na+].[Na+].[Na+].[Na+].[Na+].[Na+].[Na+].[Na+].[Na+]. The summed E-state index contributed by atoms with van der Waals surface area (Å²) < 4.78 is 0.